The van der Waals surface area contributed by atoms with Crippen molar-refractivity contribution in [1.82, 2.24) is 14.9 Å². The van der Waals surface area contributed by atoms with Gasteiger partial charge in [0.15, 0.2) is 0 Å². The molecule has 7 heteroatoms. The summed E-state index contributed by atoms with van der Waals surface area (Å²) in [5.41, 5.74) is 1.57. The highest BCUT2D eigenvalue weighted by molar-refractivity contribution is 5.82. The Bertz CT molecular complexity index is 767. The Morgan fingerprint density at radius 1 is 1.14 bits per heavy atom. The highest BCUT2D eigenvalue weighted by atomic mass is 19.1. The Balaban J connectivity index is 2.40. The number of hydrogen-bond acceptors (Lipinski definition) is 5. The summed E-state index contributed by atoms with van der Waals surface area (Å²) in [5.74, 6) is -0.630. The topological polar surface area (TPSA) is 64.6 Å². The van der Waals surface area contributed by atoms with Crippen LogP contribution < -0.4 is 0 Å². The van der Waals surface area contributed by atoms with Gasteiger partial charge in [0.05, 0.1) is 6.04 Å². The summed E-state index contributed by atoms with van der Waals surface area (Å²) in [6.45, 7) is 8.56. The average molecular weight is 403 g/mol. The molecule has 0 aliphatic heterocycles. The quantitative estimate of drug-likeness (QED) is 0.550. The number of halogens is 1. The minimum Gasteiger partial charge on any atom is -0.347 e. The van der Waals surface area contributed by atoms with Crippen molar-refractivity contribution in [3.05, 3.63) is 59.7 Å². The van der Waals surface area contributed by atoms with E-state index in [-0.39, 0.29) is 5.92 Å². The molecule has 1 aromatic carbocycles. The van der Waals surface area contributed by atoms with Crippen LogP contribution in [0.25, 0.3) is 0 Å². The van der Waals surface area contributed by atoms with Crippen LogP contribution in [0.1, 0.15) is 63.0 Å². The number of amides is 1. The Morgan fingerprint density at radius 2 is 1.76 bits per heavy atom. The number of carbonyl (C=O) groups is 1. The highest BCUT2D eigenvalue weighted by Crippen LogP contribution is 2.34. The van der Waals surface area contributed by atoms with Gasteiger partial charge >= 0.3 is 0 Å². The molecule has 0 bridgehead atoms. The third-order valence-electron chi connectivity index (χ3n) is 4.66. The summed E-state index contributed by atoms with van der Waals surface area (Å²) in [4.78, 5) is 22.9. The van der Waals surface area contributed by atoms with Gasteiger partial charge in [-0.25, -0.2) is 14.4 Å². The van der Waals surface area contributed by atoms with Crippen LogP contribution in [-0.4, -0.2) is 41.0 Å². The van der Waals surface area contributed by atoms with Gasteiger partial charge in [-0.3, -0.25) is 4.79 Å². The molecule has 1 amide bonds. The monoisotopic (exact) mass is 403 g/mol. The zero-order valence-corrected chi connectivity index (χ0v) is 17.7. The van der Waals surface area contributed by atoms with E-state index in [0.717, 1.165) is 0 Å². The number of hydrogen-bond donors (Lipinski definition) is 0. The van der Waals surface area contributed by atoms with E-state index in [1.54, 1.807) is 43.6 Å². The van der Waals surface area contributed by atoms with Gasteiger partial charge in [-0.15, -0.1) is 0 Å². The molecule has 158 valence electrons. The minimum absolute atomic E-state index is 0.0134. The van der Waals surface area contributed by atoms with Gasteiger partial charge in [0, 0.05) is 32.0 Å². The summed E-state index contributed by atoms with van der Waals surface area (Å²) in [5, 5.41) is 0. The second kappa shape index (κ2) is 11.0. The highest BCUT2D eigenvalue weighted by Gasteiger charge is 2.34. The number of aromatic nitrogens is 2. The van der Waals surface area contributed by atoms with Crippen molar-refractivity contribution in [2.24, 2.45) is 5.92 Å². The minimum atomic E-state index is -1.75. The number of ether oxygens (including phenoxy) is 2. The molecule has 0 aliphatic carbocycles. The third kappa shape index (κ3) is 5.58. The Hall–Kier alpha value is -2.38. The van der Waals surface area contributed by atoms with Crippen LogP contribution in [0.2, 0.25) is 0 Å². The SMILES string of the molecule is CCOC(OCC)c1ncncc1C(C(C)C)N(C)C(=O)C(F)c1ccccc1. The first-order chi connectivity index (χ1) is 13.9. The van der Waals surface area contributed by atoms with Crippen molar-refractivity contribution >= 4 is 5.91 Å². The van der Waals surface area contributed by atoms with E-state index >= 15 is 0 Å². The van der Waals surface area contributed by atoms with Crippen LogP contribution in [0.5, 0.6) is 0 Å². The smallest absolute Gasteiger partial charge is 0.262 e. The summed E-state index contributed by atoms with van der Waals surface area (Å²) < 4.78 is 26.4. The average Bonchev–Trinajstić information content (AvgIpc) is 2.73. The number of benzene rings is 1. The van der Waals surface area contributed by atoms with Gasteiger partial charge in [0.2, 0.25) is 12.5 Å². The van der Waals surface area contributed by atoms with Crippen molar-refractivity contribution in [2.75, 3.05) is 20.3 Å². The van der Waals surface area contributed by atoms with E-state index < -0.39 is 24.4 Å². The van der Waals surface area contributed by atoms with Gasteiger partial charge in [-0.1, -0.05) is 44.2 Å². The number of likely N-dealkylation sites (N-methyl/N-ethyl adjacent to an activating group) is 1. The zero-order valence-electron chi connectivity index (χ0n) is 17.7. The second-order valence-corrected chi connectivity index (χ2v) is 7.02. The molecule has 1 aromatic heterocycles. The van der Waals surface area contributed by atoms with Crippen LogP contribution in [0.3, 0.4) is 0 Å². The molecule has 0 saturated heterocycles. The standard InChI is InChI=1S/C22H30FN3O3/c1-6-28-22(29-7-2)19-17(13-24-14-25-19)20(15(3)4)26(5)21(27)18(23)16-11-9-8-10-12-16/h8-15,18,20,22H,6-7H2,1-5H3. The van der Waals surface area contributed by atoms with E-state index in [2.05, 4.69) is 9.97 Å². The Morgan fingerprint density at radius 3 is 2.31 bits per heavy atom. The van der Waals surface area contributed by atoms with Crippen LogP contribution in [0.4, 0.5) is 4.39 Å². The molecule has 29 heavy (non-hydrogen) atoms. The fraction of sp³-hybridized carbons (Fsp3) is 0.500. The first-order valence-corrected chi connectivity index (χ1v) is 9.90. The second-order valence-electron chi connectivity index (χ2n) is 7.02. The maximum Gasteiger partial charge on any atom is 0.262 e. The van der Waals surface area contributed by atoms with Crippen LogP contribution >= 0.6 is 0 Å². The molecule has 2 unspecified atom stereocenters. The molecule has 0 N–H and O–H groups in total. The molecule has 2 aromatic rings. The van der Waals surface area contributed by atoms with Crippen molar-refractivity contribution in [2.45, 2.75) is 46.2 Å². The maximum absolute atomic E-state index is 14.9. The lowest BCUT2D eigenvalue weighted by Gasteiger charge is -2.34. The van der Waals surface area contributed by atoms with E-state index in [4.69, 9.17) is 9.47 Å². The van der Waals surface area contributed by atoms with E-state index in [0.29, 0.717) is 30.0 Å². The van der Waals surface area contributed by atoms with Gasteiger partial charge in [0.25, 0.3) is 5.91 Å². The molecule has 6 nitrogen and oxygen atoms in total. The van der Waals surface area contributed by atoms with Crippen molar-refractivity contribution < 1.29 is 18.7 Å². The molecule has 0 aliphatic rings. The molecular weight excluding hydrogens is 373 g/mol. The van der Waals surface area contributed by atoms with Gasteiger partial charge < -0.3 is 14.4 Å². The number of carbonyl (C=O) groups excluding carboxylic acids is 1. The predicted octanol–water partition coefficient (Wildman–Crippen LogP) is 4.41. The van der Waals surface area contributed by atoms with Gasteiger partial charge in [-0.2, -0.15) is 0 Å². The van der Waals surface area contributed by atoms with Crippen LogP contribution in [0.15, 0.2) is 42.9 Å². The summed E-state index contributed by atoms with van der Waals surface area (Å²) in [7, 11) is 1.61. The van der Waals surface area contributed by atoms with Crippen molar-refractivity contribution in [3.8, 4) is 0 Å². The van der Waals surface area contributed by atoms with Crippen molar-refractivity contribution in [3.63, 3.8) is 0 Å². The normalized spacial score (nSPS) is 13.5. The Labute approximate surface area is 172 Å². The fourth-order valence-corrected chi connectivity index (χ4v) is 3.38. The molecular formula is C22H30FN3O3. The zero-order chi connectivity index (χ0) is 21.4. The molecule has 0 spiro atoms. The summed E-state index contributed by atoms with van der Waals surface area (Å²) in [6, 6.07) is 8.00. The maximum atomic E-state index is 14.9. The van der Waals surface area contributed by atoms with Crippen LogP contribution in [-0.2, 0) is 14.3 Å². The lowest BCUT2D eigenvalue weighted by atomic mass is 9.93. The first kappa shape index (κ1) is 22.9. The largest absolute Gasteiger partial charge is 0.347 e. The molecule has 0 fully saturated rings. The lowest BCUT2D eigenvalue weighted by Crippen LogP contribution is -2.37. The summed E-state index contributed by atoms with van der Waals surface area (Å²) >= 11 is 0. The molecule has 2 rings (SSSR count). The van der Waals surface area contributed by atoms with Crippen LogP contribution in [0, 0.1) is 5.92 Å². The summed E-state index contributed by atoms with van der Waals surface area (Å²) in [6.07, 6.45) is 0.649. The third-order valence-corrected chi connectivity index (χ3v) is 4.66. The van der Waals surface area contributed by atoms with Gasteiger partial charge in [-0.05, 0) is 25.3 Å². The predicted molar refractivity (Wildman–Crippen MR) is 109 cm³/mol. The van der Waals surface area contributed by atoms with E-state index in [1.807, 2.05) is 27.7 Å². The lowest BCUT2D eigenvalue weighted by molar-refractivity contribution is -0.145. The Kier molecular flexibility index (Phi) is 8.67. The molecule has 0 saturated carbocycles. The van der Waals surface area contributed by atoms with Gasteiger partial charge in [0.1, 0.15) is 12.0 Å². The van der Waals surface area contributed by atoms with E-state index in [1.165, 1.54) is 11.2 Å². The number of alkyl halides is 1. The van der Waals surface area contributed by atoms with E-state index in [9.17, 15) is 9.18 Å². The fourth-order valence-electron chi connectivity index (χ4n) is 3.38. The molecule has 2 atom stereocenters. The molecule has 1 heterocycles. The first-order valence-electron chi connectivity index (χ1n) is 9.90. The molecule has 0 radical (unpaired) electrons. The number of nitrogens with zero attached hydrogens (tertiary/aromatic N) is 3. The number of rotatable bonds is 10. The van der Waals surface area contributed by atoms with Crippen molar-refractivity contribution in [1.29, 1.82) is 0 Å².